The predicted octanol–water partition coefficient (Wildman–Crippen LogP) is 3.05. The maximum Gasteiger partial charge on any atom is 0.123 e. The molecule has 0 bridgehead atoms. The summed E-state index contributed by atoms with van der Waals surface area (Å²) in [5.41, 5.74) is 2.76. The highest BCUT2D eigenvalue weighted by Gasteiger charge is 2.38. The Bertz CT molecular complexity index is 339. The molecule has 1 aromatic rings. The van der Waals surface area contributed by atoms with Crippen LogP contribution in [0.15, 0.2) is 18.2 Å². The molecule has 0 amide bonds. The lowest BCUT2D eigenvalue weighted by Gasteiger charge is -2.21. The molecule has 0 aliphatic carbocycles. The molecule has 0 saturated heterocycles. The summed E-state index contributed by atoms with van der Waals surface area (Å²) in [6, 6.07) is 6.47. The van der Waals surface area contributed by atoms with Crippen molar-refractivity contribution in [3.63, 3.8) is 0 Å². The normalized spacial score (nSPS) is 23.8. The summed E-state index contributed by atoms with van der Waals surface area (Å²) in [6.45, 7) is 8.70. The molecule has 1 atom stereocenters. The lowest BCUT2D eigenvalue weighted by atomic mass is 9.82. The van der Waals surface area contributed by atoms with E-state index in [1.807, 2.05) is 0 Å². The van der Waals surface area contributed by atoms with E-state index < -0.39 is 0 Å². The molecule has 1 aliphatic heterocycles. The topological polar surface area (TPSA) is 9.23 Å². The molecule has 1 aromatic carbocycles. The molecular weight excluding hydrogens is 160 g/mol. The Morgan fingerprint density at radius 3 is 2.69 bits per heavy atom. The number of aryl methyl sites for hydroxylation is 1. The first-order chi connectivity index (χ1) is 6.01. The molecular formula is C12H16O. The molecule has 70 valence electrons. The van der Waals surface area contributed by atoms with Crippen LogP contribution in [0, 0.1) is 6.92 Å². The van der Waals surface area contributed by atoms with E-state index >= 15 is 0 Å². The average Bonchev–Trinajstić information content (AvgIpc) is 2.23. The number of hydrogen-bond acceptors (Lipinski definition) is 1. The van der Waals surface area contributed by atoms with Gasteiger partial charge in [0.25, 0.3) is 0 Å². The smallest absolute Gasteiger partial charge is 0.123 e. The monoisotopic (exact) mass is 176 g/mol. The van der Waals surface area contributed by atoms with E-state index in [1.165, 1.54) is 11.1 Å². The van der Waals surface area contributed by atoms with Gasteiger partial charge in [-0.05, 0) is 25.5 Å². The van der Waals surface area contributed by atoms with Gasteiger partial charge in [-0.3, -0.25) is 0 Å². The molecule has 13 heavy (non-hydrogen) atoms. The largest absolute Gasteiger partial charge is 0.489 e. The van der Waals surface area contributed by atoms with Gasteiger partial charge < -0.3 is 4.74 Å². The Labute approximate surface area is 79.7 Å². The van der Waals surface area contributed by atoms with Crippen LogP contribution in [0.4, 0.5) is 0 Å². The molecule has 0 radical (unpaired) electrons. The van der Waals surface area contributed by atoms with Crippen LogP contribution in [0.3, 0.4) is 0 Å². The van der Waals surface area contributed by atoms with E-state index in [9.17, 15) is 0 Å². The molecule has 2 rings (SSSR count). The van der Waals surface area contributed by atoms with Crippen molar-refractivity contribution in [3.05, 3.63) is 29.3 Å². The van der Waals surface area contributed by atoms with Crippen molar-refractivity contribution in [3.8, 4) is 5.75 Å². The zero-order chi connectivity index (χ0) is 9.64. The highest BCUT2D eigenvalue weighted by atomic mass is 16.5. The molecule has 1 unspecified atom stereocenters. The number of rotatable bonds is 0. The average molecular weight is 176 g/mol. The Morgan fingerprint density at radius 1 is 1.31 bits per heavy atom. The van der Waals surface area contributed by atoms with Gasteiger partial charge in [0.05, 0.1) is 0 Å². The molecule has 0 N–H and O–H groups in total. The quantitative estimate of drug-likeness (QED) is 0.590. The second-order valence-corrected chi connectivity index (χ2v) is 4.48. The number of benzene rings is 1. The second-order valence-electron chi connectivity index (χ2n) is 4.48. The van der Waals surface area contributed by atoms with Crippen LogP contribution in [-0.2, 0) is 5.41 Å². The predicted molar refractivity (Wildman–Crippen MR) is 54.3 cm³/mol. The van der Waals surface area contributed by atoms with Gasteiger partial charge in [-0.15, -0.1) is 0 Å². The van der Waals surface area contributed by atoms with Crippen molar-refractivity contribution in [1.82, 2.24) is 0 Å². The first-order valence-electron chi connectivity index (χ1n) is 4.79. The molecule has 0 aromatic heterocycles. The Hall–Kier alpha value is -0.980. The first kappa shape index (κ1) is 8.61. The lowest BCUT2D eigenvalue weighted by Crippen LogP contribution is -2.28. The van der Waals surface area contributed by atoms with Gasteiger partial charge in [0.15, 0.2) is 0 Å². The van der Waals surface area contributed by atoms with Crippen molar-refractivity contribution < 1.29 is 4.74 Å². The molecule has 0 saturated carbocycles. The second kappa shape index (κ2) is 2.50. The highest BCUT2D eigenvalue weighted by Crippen LogP contribution is 2.42. The zero-order valence-electron chi connectivity index (χ0n) is 8.72. The third kappa shape index (κ3) is 1.14. The summed E-state index contributed by atoms with van der Waals surface area (Å²) in [5, 5.41) is 0. The van der Waals surface area contributed by atoms with Gasteiger partial charge in [-0.2, -0.15) is 0 Å². The van der Waals surface area contributed by atoms with E-state index in [0.29, 0.717) is 0 Å². The summed E-state index contributed by atoms with van der Waals surface area (Å²) >= 11 is 0. The highest BCUT2D eigenvalue weighted by molar-refractivity contribution is 5.45. The minimum atomic E-state index is 0.156. The van der Waals surface area contributed by atoms with Gasteiger partial charge >= 0.3 is 0 Å². The van der Waals surface area contributed by atoms with Crippen LogP contribution in [0.1, 0.15) is 31.9 Å². The Balaban J connectivity index is 2.55. The number of fused-ring (bicyclic) bond motifs is 1. The van der Waals surface area contributed by atoms with Crippen LogP contribution < -0.4 is 4.74 Å². The molecule has 0 spiro atoms. The fourth-order valence-corrected chi connectivity index (χ4v) is 1.82. The lowest BCUT2D eigenvalue weighted by molar-refractivity contribution is 0.185. The van der Waals surface area contributed by atoms with E-state index in [-0.39, 0.29) is 11.5 Å². The SMILES string of the molecule is Cc1ccc2c(c1)OC(C)C2(C)C. The number of ether oxygens (including phenoxy) is 1. The maximum atomic E-state index is 5.80. The third-order valence-electron chi connectivity index (χ3n) is 3.15. The van der Waals surface area contributed by atoms with Crippen molar-refractivity contribution in [2.45, 2.75) is 39.2 Å². The summed E-state index contributed by atoms with van der Waals surface area (Å²) in [4.78, 5) is 0. The van der Waals surface area contributed by atoms with Crippen LogP contribution in [0.5, 0.6) is 5.75 Å². The van der Waals surface area contributed by atoms with Crippen LogP contribution in [-0.4, -0.2) is 6.10 Å². The molecule has 0 fully saturated rings. The first-order valence-corrected chi connectivity index (χ1v) is 4.79. The molecule has 1 nitrogen and oxygen atoms in total. The molecule has 1 heterocycles. The third-order valence-corrected chi connectivity index (χ3v) is 3.15. The van der Waals surface area contributed by atoms with Gasteiger partial charge in [0, 0.05) is 11.0 Å². The van der Waals surface area contributed by atoms with Gasteiger partial charge in [-0.25, -0.2) is 0 Å². The van der Waals surface area contributed by atoms with E-state index in [1.54, 1.807) is 0 Å². The molecule has 1 aliphatic rings. The summed E-state index contributed by atoms with van der Waals surface area (Å²) in [7, 11) is 0. The van der Waals surface area contributed by atoms with E-state index in [4.69, 9.17) is 4.74 Å². The van der Waals surface area contributed by atoms with Crippen LogP contribution in [0.25, 0.3) is 0 Å². The Morgan fingerprint density at radius 2 is 2.00 bits per heavy atom. The number of hydrogen-bond donors (Lipinski definition) is 0. The summed E-state index contributed by atoms with van der Waals surface area (Å²) in [5.74, 6) is 1.07. The van der Waals surface area contributed by atoms with Crippen molar-refractivity contribution in [2.24, 2.45) is 0 Å². The van der Waals surface area contributed by atoms with Gasteiger partial charge in [-0.1, -0.05) is 26.0 Å². The van der Waals surface area contributed by atoms with Crippen molar-refractivity contribution in [2.75, 3.05) is 0 Å². The summed E-state index contributed by atoms with van der Waals surface area (Å²) in [6.07, 6.45) is 0.282. The van der Waals surface area contributed by atoms with E-state index in [2.05, 4.69) is 45.9 Å². The van der Waals surface area contributed by atoms with Gasteiger partial charge in [0.1, 0.15) is 11.9 Å². The van der Waals surface area contributed by atoms with Crippen molar-refractivity contribution >= 4 is 0 Å². The van der Waals surface area contributed by atoms with Gasteiger partial charge in [0.2, 0.25) is 0 Å². The Kier molecular flexibility index (Phi) is 1.66. The fraction of sp³-hybridized carbons (Fsp3) is 0.500. The minimum absolute atomic E-state index is 0.156. The minimum Gasteiger partial charge on any atom is -0.489 e. The maximum absolute atomic E-state index is 5.80. The molecule has 1 heteroatoms. The van der Waals surface area contributed by atoms with Crippen molar-refractivity contribution in [1.29, 1.82) is 0 Å². The fourth-order valence-electron chi connectivity index (χ4n) is 1.82. The van der Waals surface area contributed by atoms with Crippen LogP contribution in [0.2, 0.25) is 0 Å². The standard InChI is InChI=1S/C12H16O/c1-8-5-6-10-11(7-8)13-9(2)12(10,3)4/h5-7,9H,1-4H3. The van der Waals surface area contributed by atoms with Crippen LogP contribution >= 0.6 is 0 Å². The van der Waals surface area contributed by atoms with E-state index in [0.717, 1.165) is 5.75 Å². The zero-order valence-corrected chi connectivity index (χ0v) is 8.72. The summed E-state index contributed by atoms with van der Waals surface area (Å²) < 4.78 is 5.80.